The number of para-hydroxylation sites is 1. The van der Waals surface area contributed by atoms with Crippen molar-refractivity contribution in [2.75, 3.05) is 11.1 Å². The van der Waals surface area contributed by atoms with E-state index in [0.29, 0.717) is 5.56 Å². The van der Waals surface area contributed by atoms with Crippen LogP contribution in [0, 0.1) is 0 Å². The van der Waals surface area contributed by atoms with Gasteiger partial charge in [-0.2, -0.15) is 0 Å². The Morgan fingerprint density at radius 2 is 1.96 bits per heavy atom. The number of hydrogen-bond acceptors (Lipinski definition) is 3. The van der Waals surface area contributed by atoms with E-state index in [2.05, 4.69) is 23.0 Å². The molecule has 4 rings (SSSR count). The molecule has 2 aromatic carbocycles. The lowest BCUT2D eigenvalue weighted by molar-refractivity contribution is 0.102. The Balaban J connectivity index is 1.64. The smallest absolute Gasteiger partial charge is 0.256 e. The summed E-state index contributed by atoms with van der Waals surface area (Å²) in [4.78, 5) is 18.8. The van der Waals surface area contributed by atoms with Crippen LogP contribution < -0.4 is 5.32 Å². The summed E-state index contributed by atoms with van der Waals surface area (Å²) in [6.07, 6.45) is 5.53. The van der Waals surface area contributed by atoms with Gasteiger partial charge in [0.05, 0.1) is 16.9 Å². The number of imidazole rings is 1. The summed E-state index contributed by atoms with van der Waals surface area (Å²) < 4.78 is 2.24. The summed E-state index contributed by atoms with van der Waals surface area (Å²) in [5, 5.41) is 3.10. The van der Waals surface area contributed by atoms with E-state index in [1.165, 1.54) is 12.8 Å². The fourth-order valence-corrected chi connectivity index (χ4v) is 4.29. The van der Waals surface area contributed by atoms with E-state index in [1.54, 1.807) is 11.8 Å². The predicted molar refractivity (Wildman–Crippen MR) is 111 cm³/mol. The van der Waals surface area contributed by atoms with Gasteiger partial charge in [0, 0.05) is 29.6 Å². The molecule has 2 heterocycles. The Bertz CT molecular complexity index is 940. The largest absolute Gasteiger partial charge is 0.334 e. The van der Waals surface area contributed by atoms with Crippen LogP contribution in [0.2, 0.25) is 0 Å². The molecule has 3 aromatic rings. The zero-order valence-electron chi connectivity index (χ0n) is 15.4. The number of hydrogen-bond donors (Lipinski definition) is 1. The molecular formula is C22H23N3OS. The third kappa shape index (κ3) is 3.78. The van der Waals surface area contributed by atoms with E-state index in [4.69, 9.17) is 4.98 Å². The normalized spacial score (nSPS) is 13.2. The quantitative estimate of drug-likeness (QED) is 0.618. The molecule has 0 aliphatic carbocycles. The van der Waals surface area contributed by atoms with E-state index in [-0.39, 0.29) is 5.91 Å². The van der Waals surface area contributed by atoms with E-state index in [0.717, 1.165) is 46.4 Å². The van der Waals surface area contributed by atoms with Gasteiger partial charge < -0.3 is 9.88 Å². The monoisotopic (exact) mass is 377 g/mol. The summed E-state index contributed by atoms with van der Waals surface area (Å²) >= 11 is 1.68. The molecule has 1 aliphatic rings. The van der Waals surface area contributed by atoms with E-state index in [9.17, 15) is 4.79 Å². The topological polar surface area (TPSA) is 46.9 Å². The number of carbonyl (C=O) groups is 1. The number of amides is 1. The molecule has 0 spiro atoms. The molecule has 0 radical (unpaired) electrons. The van der Waals surface area contributed by atoms with Crippen LogP contribution >= 0.6 is 11.8 Å². The molecule has 0 unspecified atom stereocenters. The van der Waals surface area contributed by atoms with Gasteiger partial charge in [-0.05, 0) is 36.8 Å². The number of benzene rings is 2. The van der Waals surface area contributed by atoms with Crippen molar-refractivity contribution < 1.29 is 4.79 Å². The molecule has 0 bridgehead atoms. The van der Waals surface area contributed by atoms with Gasteiger partial charge >= 0.3 is 0 Å². The maximum absolute atomic E-state index is 12.9. The van der Waals surface area contributed by atoms with Crippen molar-refractivity contribution in [1.82, 2.24) is 9.55 Å². The van der Waals surface area contributed by atoms with Crippen molar-refractivity contribution in [3.63, 3.8) is 0 Å². The minimum absolute atomic E-state index is 0.0806. The van der Waals surface area contributed by atoms with Crippen molar-refractivity contribution in [2.24, 2.45) is 0 Å². The molecule has 0 saturated heterocycles. The highest BCUT2D eigenvalue weighted by Gasteiger charge is 2.17. The van der Waals surface area contributed by atoms with Crippen molar-refractivity contribution in [1.29, 1.82) is 0 Å². The molecule has 0 atom stereocenters. The van der Waals surface area contributed by atoms with Gasteiger partial charge in [-0.25, -0.2) is 4.98 Å². The molecule has 1 N–H and O–H groups in total. The second-order valence-corrected chi connectivity index (χ2v) is 7.93. The first-order chi connectivity index (χ1) is 13.3. The summed E-state index contributed by atoms with van der Waals surface area (Å²) in [5.74, 6) is 1.99. The molecule has 4 nitrogen and oxygen atoms in total. The van der Waals surface area contributed by atoms with Crippen molar-refractivity contribution >= 4 is 23.4 Å². The Hall–Kier alpha value is -2.53. The van der Waals surface area contributed by atoms with Gasteiger partial charge in [0.15, 0.2) is 0 Å². The molecule has 0 saturated carbocycles. The first-order valence-corrected chi connectivity index (χ1v) is 10.4. The van der Waals surface area contributed by atoms with Crippen LogP contribution in [0.15, 0.2) is 59.6 Å². The highest BCUT2D eigenvalue weighted by molar-refractivity contribution is 7.99. The number of aromatic nitrogens is 2. The number of fused-ring (bicyclic) bond motifs is 1. The predicted octanol–water partition coefficient (Wildman–Crippen LogP) is 5.25. The Morgan fingerprint density at radius 3 is 2.81 bits per heavy atom. The molecule has 5 heteroatoms. The van der Waals surface area contributed by atoms with E-state index in [1.807, 2.05) is 48.5 Å². The van der Waals surface area contributed by atoms with Gasteiger partial charge in [0.2, 0.25) is 0 Å². The van der Waals surface area contributed by atoms with E-state index >= 15 is 0 Å². The maximum atomic E-state index is 12.9. The zero-order valence-corrected chi connectivity index (χ0v) is 16.3. The van der Waals surface area contributed by atoms with Crippen LogP contribution in [0.3, 0.4) is 0 Å². The Labute approximate surface area is 164 Å². The average Bonchev–Trinajstić information content (AvgIpc) is 3.13. The number of anilines is 1. The number of nitrogens with one attached hydrogen (secondary N) is 1. The molecule has 0 fully saturated rings. The molecular weight excluding hydrogens is 354 g/mol. The van der Waals surface area contributed by atoms with Crippen molar-refractivity contribution in [3.8, 4) is 11.3 Å². The first-order valence-electron chi connectivity index (χ1n) is 9.45. The number of nitrogens with zero attached hydrogens (tertiary/aromatic N) is 2. The fraction of sp³-hybridized carbons (Fsp3) is 0.273. The second kappa shape index (κ2) is 8.01. The van der Waals surface area contributed by atoms with Gasteiger partial charge in [-0.3, -0.25) is 4.79 Å². The lowest BCUT2D eigenvalue weighted by Crippen LogP contribution is -2.13. The van der Waals surface area contributed by atoms with Crippen LogP contribution in [0.25, 0.3) is 11.3 Å². The SMILES string of the molecule is CCSc1ccccc1C(=O)Nc1ccccc1-c1cn2c(n1)CCCC2. The lowest BCUT2D eigenvalue weighted by atomic mass is 10.1. The maximum Gasteiger partial charge on any atom is 0.256 e. The molecule has 1 aliphatic heterocycles. The van der Waals surface area contributed by atoms with Crippen LogP contribution in [0.5, 0.6) is 0 Å². The summed E-state index contributed by atoms with van der Waals surface area (Å²) in [5.41, 5.74) is 3.41. The second-order valence-electron chi connectivity index (χ2n) is 6.62. The van der Waals surface area contributed by atoms with Gasteiger partial charge in [0.1, 0.15) is 5.82 Å². The minimum Gasteiger partial charge on any atom is -0.334 e. The van der Waals surface area contributed by atoms with Gasteiger partial charge in [-0.1, -0.05) is 37.3 Å². The molecule has 1 amide bonds. The fourth-order valence-electron chi connectivity index (χ4n) is 3.48. The Kier molecular flexibility index (Phi) is 5.30. The third-order valence-corrected chi connectivity index (χ3v) is 5.75. The number of carbonyl (C=O) groups excluding carboxylic acids is 1. The molecule has 138 valence electrons. The highest BCUT2D eigenvalue weighted by Crippen LogP contribution is 2.30. The van der Waals surface area contributed by atoms with Crippen LogP contribution in [-0.4, -0.2) is 21.2 Å². The van der Waals surface area contributed by atoms with Crippen molar-refractivity contribution in [2.45, 2.75) is 37.6 Å². The number of thioether (sulfide) groups is 1. The van der Waals surface area contributed by atoms with Crippen LogP contribution in [-0.2, 0) is 13.0 Å². The number of aryl methyl sites for hydroxylation is 2. The molecule has 1 aromatic heterocycles. The van der Waals surface area contributed by atoms with Crippen LogP contribution in [0.1, 0.15) is 35.9 Å². The first kappa shape index (κ1) is 17.9. The third-order valence-electron chi connectivity index (χ3n) is 4.79. The lowest BCUT2D eigenvalue weighted by Gasteiger charge is -2.12. The summed E-state index contributed by atoms with van der Waals surface area (Å²) in [7, 11) is 0. The van der Waals surface area contributed by atoms with Crippen molar-refractivity contribution in [3.05, 3.63) is 66.1 Å². The van der Waals surface area contributed by atoms with Gasteiger partial charge in [0.25, 0.3) is 5.91 Å². The average molecular weight is 378 g/mol. The van der Waals surface area contributed by atoms with Gasteiger partial charge in [-0.15, -0.1) is 11.8 Å². The highest BCUT2D eigenvalue weighted by atomic mass is 32.2. The summed E-state index contributed by atoms with van der Waals surface area (Å²) in [6, 6.07) is 15.7. The zero-order chi connectivity index (χ0) is 18.6. The minimum atomic E-state index is -0.0806. The van der Waals surface area contributed by atoms with E-state index < -0.39 is 0 Å². The Morgan fingerprint density at radius 1 is 1.15 bits per heavy atom. The standard InChI is InChI=1S/C22H23N3OS/c1-2-27-20-12-6-4-10-17(20)22(26)24-18-11-5-3-9-16(18)19-15-25-14-8-7-13-21(25)23-19/h3-6,9-12,15H,2,7-8,13-14H2,1H3,(H,24,26). The summed E-state index contributed by atoms with van der Waals surface area (Å²) in [6.45, 7) is 3.12. The molecule has 27 heavy (non-hydrogen) atoms. The van der Waals surface area contributed by atoms with Crippen LogP contribution in [0.4, 0.5) is 5.69 Å². The number of rotatable bonds is 5.